The highest BCUT2D eigenvalue weighted by Gasteiger charge is 2.66. The Balaban J connectivity index is 1.64. The Labute approximate surface area is 209 Å². The highest BCUT2D eigenvalue weighted by Crippen LogP contribution is 2.59. The molecule has 3 atom stereocenters. The maximum Gasteiger partial charge on any atom is 0.432 e. The van der Waals surface area contributed by atoms with E-state index in [2.05, 4.69) is 4.74 Å². The van der Waals surface area contributed by atoms with Crippen molar-refractivity contribution in [2.45, 2.75) is 56.0 Å². The zero-order chi connectivity index (χ0) is 27.6. The van der Waals surface area contributed by atoms with Gasteiger partial charge in [-0.1, -0.05) is 17.9 Å². The van der Waals surface area contributed by atoms with Crippen LogP contribution in [0.25, 0.3) is 0 Å². The fourth-order valence-corrected chi connectivity index (χ4v) is 6.24. The number of ketones is 1. The third kappa shape index (κ3) is 4.87. The van der Waals surface area contributed by atoms with Crippen molar-refractivity contribution < 1.29 is 58.8 Å². The standard InChI is InChI=1S/C22H20BF5O8S/c23-9-10-1-2-14(17(30)36-18(21(24,25)26)22(27,28)37(32,33)34)15(5-10)35-19(31)20-6-11-3-12(7-20)16(29)13(4-11)8-20/h1-2,5,11-13,18H,3-4,6-9H2,(H,32,33,34). The first-order valence-electron chi connectivity index (χ1n) is 11.2. The van der Waals surface area contributed by atoms with E-state index in [4.69, 9.17) is 17.1 Å². The van der Waals surface area contributed by atoms with Crippen molar-refractivity contribution in [3.63, 3.8) is 0 Å². The van der Waals surface area contributed by atoms with Gasteiger partial charge in [-0.15, -0.1) is 0 Å². The summed E-state index contributed by atoms with van der Waals surface area (Å²) >= 11 is 0. The van der Waals surface area contributed by atoms with Gasteiger partial charge in [-0.05, 0) is 50.2 Å². The van der Waals surface area contributed by atoms with E-state index in [1.54, 1.807) is 0 Å². The maximum absolute atomic E-state index is 13.9. The van der Waals surface area contributed by atoms with E-state index in [1.165, 1.54) is 0 Å². The maximum atomic E-state index is 13.9. The smallest absolute Gasteiger partial charge is 0.432 e. The Hall–Kier alpha value is -2.55. The number of carbonyl (C=O) groups is 3. The van der Waals surface area contributed by atoms with E-state index in [-0.39, 0.29) is 48.3 Å². The number of hydrogen-bond acceptors (Lipinski definition) is 7. The van der Waals surface area contributed by atoms with Crippen LogP contribution in [-0.2, 0) is 30.8 Å². The van der Waals surface area contributed by atoms with Crippen molar-refractivity contribution in [2.75, 3.05) is 0 Å². The molecule has 0 heterocycles. The number of carbonyl (C=O) groups excluding carboxylic acids is 3. The second-order valence-corrected chi connectivity index (χ2v) is 11.3. The molecule has 1 aromatic rings. The molecule has 1 aromatic carbocycles. The van der Waals surface area contributed by atoms with Gasteiger partial charge in [0.05, 0.1) is 13.3 Å². The van der Waals surface area contributed by atoms with Gasteiger partial charge in [0.25, 0.3) is 6.10 Å². The number of esters is 2. The predicted molar refractivity (Wildman–Crippen MR) is 114 cm³/mol. The van der Waals surface area contributed by atoms with Gasteiger partial charge in [-0.2, -0.15) is 30.4 Å². The summed E-state index contributed by atoms with van der Waals surface area (Å²) in [7, 11) is -1.10. The van der Waals surface area contributed by atoms with Crippen molar-refractivity contribution in [3.8, 4) is 5.75 Å². The molecule has 2 radical (unpaired) electrons. The van der Waals surface area contributed by atoms with Gasteiger partial charge >= 0.3 is 33.5 Å². The Morgan fingerprint density at radius 1 is 1.11 bits per heavy atom. The van der Waals surface area contributed by atoms with Crippen molar-refractivity contribution in [3.05, 3.63) is 29.3 Å². The fourth-order valence-electron chi connectivity index (χ4n) is 5.78. The number of benzene rings is 1. The molecule has 3 unspecified atom stereocenters. The number of rotatable bonds is 7. The van der Waals surface area contributed by atoms with Crippen LogP contribution in [0.15, 0.2) is 18.2 Å². The van der Waals surface area contributed by atoms with Crippen molar-refractivity contribution >= 4 is 35.7 Å². The predicted octanol–water partition coefficient (Wildman–Crippen LogP) is 3.22. The molecule has 0 saturated heterocycles. The van der Waals surface area contributed by atoms with Crippen LogP contribution in [0.2, 0.25) is 0 Å². The molecule has 4 bridgehead atoms. The molecule has 4 aliphatic carbocycles. The summed E-state index contributed by atoms with van der Waals surface area (Å²) < 4.78 is 107. The normalized spacial score (nSPS) is 28.2. The van der Waals surface area contributed by atoms with Crippen molar-refractivity contribution in [1.29, 1.82) is 0 Å². The van der Waals surface area contributed by atoms with E-state index >= 15 is 0 Å². The van der Waals surface area contributed by atoms with Crippen LogP contribution in [-0.4, -0.2) is 56.1 Å². The van der Waals surface area contributed by atoms with Crippen LogP contribution >= 0.6 is 0 Å². The first-order chi connectivity index (χ1) is 17.0. The molecular weight excluding hydrogens is 530 g/mol. The van der Waals surface area contributed by atoms with Gasteiger partial charge in [0, 0.05) is 11.8 Å². The molecule has 0 aliphatic heterocycles. The third-order valence-electron chi connectivity index (χ3n) is 7.30. The minimum absolute atomic E-state index is 0.0757. The van der Waals surface area contributed by atoms with Crippen LogP contribution in [0.5, 0.6) is 5.75 Å². The van der Waals surface area contributed by atoms with Gasteiger partial charge in [0.15, 0.2) is 0 Å². The number of halogens is 5. The summed E-state index contributed by atoms with van der Waals surface area (Å²) in [5.41, 5.74) is -1.68. The van der Waals surface area contributed by atoms with E-state index in [0.29, 0.717) is 19.3 Å². The molecule has 37 heavy (non-hydrogen) atoms. The van der Waals surface area contributed by atoms with Gasteiger partial charge in [0.1, 0.15) is 17.1 Å². The average molecular weight is 550 g/mol. The van der Waals surface area contributed by atoms with Crippen molar-refractivity contribution in [1.82, 2.24) is 0 Å². The quantitative estimate of drug-likeness (QED) is 0.181. The Kier molecular flexibility index (Phi) is 6.71. The SMILES string of the molecule is [B]Cc1ccc(C(=O)OC(C(F)(F)F)C(F)(F)S(=O)(=O)O)c(OC(=O)C23CC4CC(C2)C(=O)C(C4)C3)c1. The highest BCUT2D eigenvalue weighted by atomic mass is 32.2. The summed E-state index contributed by atoms with van der Waals surface area (Å²) in [5.74, 6) is -4.01. The fraction of sp³-hybridized carbons (Fsp3) is 0.591. The highest BCUT2D eigenvalue weighted by molar-refractivity contribution is 7.86. The molecular formula is C22H20BF5O8S. The summed E-state index contributed by atoms with van der Waals surface area (Å²) in [4.78, 5) is 38.3. The lowest BCUT2D eigenvalue weighted by Crippen LogP contribution is -2.55. The van der Waals surface area contributed by atoms with E-state index < -0.39 is 56.3 Å². The van der Waals surface area contributed by atoms with Crippen molar-refractivity contribution in [2.24, 2.45) is 23.2 Å². The Morgan fingerprint density at radius 2 is 1.70 bits per heavy atom. The third-order valence-corrected chi connectivity index (χ3v) is 8.20. The molecule has 0 amide bonds. The average Bonchev–Trinajstić information content (AvgIpc) is 2.78. The zero-order valence-corrected chi connectivity index (χ0v) is 19.8. The first kappa shape index (κ1) is 27.5. The molecule has 15 heteroatoms. The number of alkyl halides is 5. The lowest BCUT2D eigenvalue weighted by atomic mass is 9.49. The topological polar surface area (TPSA) is 124 Å². The van der Waals surface area contributed by atoms with Crippen LogP contribution in [0.4, 0.5) is 22.0 Å². The summed E-state index contributed by atoms with van der Waals surface area (Å²) in [5, 5.41) is -5.93. The van der Waals surface area contributed by atoms with E-state index in [1.807, 2.05) is 0 Å². The van der Waals surface area contributed by atoms with Crippen LogP contribution in [0.3, 0.4) is 0 Å². The lowest BCUT2D eigenvalue weighted by molar-refractivity contribution is -0.248. The molecule has 4 saturated carbocycles. The van der Waals surface area contributed by atoms with E-state index in [9.17, 15) is 44.8 Å². The molecule has 4 fully saturated rings. The Bertz CT molecular complexity index is 1230. The van der Waals surface area contributed by atoms with Crippen LogP contribution < -0.4 is 4.74 Å². The Morgan fingerprint density at radius 3 is 2.22 bits per heavy atom. The second-order valence-electron chi connectivity index (χ2n) is 9.81. The minimum atomic E-state index is -6.64. The van der Waals surface area contributed by atoms with Crippen LogP contribution in [0.1, 0.15) is 48.0 Å². The summed E-state index contributed by atoms with van der Waals surface area (Å²) in [6, 6.07) is 3.01. The number of hydrogen-bond donors (Lipinski definition) is 1. The first-order valence-corrected chi connectivity index (χ1v) is 12.6. The summed E-state index contributed by atoms with van der Waals surface area (Å²) in [6.45, 7) is 0. The molecule has 4 aliphatic rings. The molecule has 8 nitrogen and oxygen atoms in total. The number of ether oxygens (including phenoxy) is 2. The molecule has 1 N–H and O–H groups in total. The second kappa shape index (κ2) is 9.03. The monoisotopic (exact) mass is 550 g/mol. The van der Waals surface area contributed by atoms with Gasteiger partial charge in [-0.25, -0.2) is 4.79 Å². The van der Waals surface area contributed by atoms with Gasteiger partial charge < -0.3 is 9.47 Å². The largest absolute Gasteiger partial charge is 0.441 e. The van der Waals surface area contributed by atoms with E-state index in [0.717, 1.165) is 18.2 Å². The van der Waals surface area contributed by atoms with Crippen LogP contribution in [0, 0.1) is 23.2 Å². The molecule has 200 valence electrons. The molecule has 0 aromatic heterocycles. The van der Waals surface area contributed by atoms with Gasteiger partial charge in [-0.3, -0.25) is 14.1 Å². The minimum Gasteiger partial charge on any atom is -0.441 e. The zero-order valence-electron chi connectivity index (χ0n) is 19.0. The lowest BCUT2D eigenvalue weighted by Gasteiger charge is -2.53. The summed E-state index contributed by atoms with van der Waals surface area (Å²) in [6.07, 6.45) is -8.69. The molecule has 5 rings (SSSR count). The van der Waals surface area contributed by atoms with Gasteiger partial charge in [0.2, 0.25) is 0 Å². The number of Topliss-reactive ketones (excluding diaryl/α,β-unsaturated/α-hetero) is 1. The molecule has 0 spiro atoms.